The van der Waals surface area contributed by atoms with Gasteiger partial charge in [0, 0.05) is 17.5 Å². The third kappa shape index (κ3) is 4.55. The molecule has 2 aromatic carbocycles. The minimum absolute atomic E-state index is 0.169. The molecule has 0 bridgehead atoms. The number of likely N-dealkylation sites (N-methyl/N-ethyl adjacent to an activating group) is 1. The summed E-state index contributed by atoms with van der Waals surface area (Å²) in [6.07, 6.45) is 0. The molecule has 0 spiro atoms. The summed E-state index contributed by atoms with van der Waals surface area (Å²) >= 11 is 12.2. The lowest BCUT2D eigenvalue weighted by Gasteiger charge is -2.20. The number of amides is 2. The Morgan fingerprint density at radius 2 is 1.83 bits per heavy atom. The first-order valence-corrected chi connectivity index (χ1v) is 10.3. The van der Waals surface area contributed by atoms with Crippen LogP contribution in [0.1, 0.15) is 30.0 Å². The van der Waals surface area contributed by atoms with Crippen molar-refractivity contribution in [1.29, 1.82) is 0 Å². The summed E-state index contributed by atoms with van der Waals surface area (Å²) in [7, 11) is 0. The van der Waals surface area contributed by atoms with Crippen LogP contribution in [0.15, 0.2) is 40.8 Å². The van der Waals surface area contributed by atoms with E-state index >= 15 is 0 Å². The summed E-state index contributed by atoms with van der Waals surface area (Å²) in [5, 5.41) is 4.11. The van der Waals surface area contributed by atoms with Crippen molar-refractivity contribution in [2.24, 2.45) is 0 Å². The monoisotopic (exact) mass is 448 g/mol. The summed E-state index contributed by atoms with van der Waals surface area (Å²) in [5.41, 5.74) is 1.60. The second-order valence-electron chi connectivity index (χ2n) is 6.61. The molecule has 0 saturated heterocycles. The van der Waals surface area contributed by atoms with Crippen LogP contribution in [0.4, 0.5) is 5.69 Å². The van der Waals surface area contributed by atoms with Gasteiger partial charge in [0.25, 0.3) is 5.91 Å². The van der Waals surface area contributed by atoms with Gasteiger partial charge in [-0.2, -0.15) is 0 Å². The number of furan rings is 1. The second-order valence-corrected chi connectivity index (χ2v) is 7.43. The van der Waals surface area contributed by atoms with Crippen LogP contribution in [0.2, 0.25) is 10.0 Å². The molecule has 0 radical (unpaired) electrons. The lowest BCUT2D eigenvalue weighted by Crippen LogP contribution is -2.38. The molecule has 8 heteroatoms. The number of fused-ring (bicyclic) bond motifs is 1. The summed E-state index contributed by atoms with van der Waals surface area (Å²) in [6.45, 7) is 6.20. The fourth-order valence-corrected chi connectivity index (χ4v) is 3.59. The fourth-order valence-electron chi connectivity index (χ4n) is 3.10. The molecule has 1 aromatic heterocycles. The summed E-state index contributed by atoms with van der Waals surface area (Å²) in [6, 6.07) is 10.3. The highest BCUT2D eigenvalue weighted by molar-refractivity contribution is 6.39. The zero-order chi connectivity index (χ0) is 21.8. The molecule has 0 aliphatic rings. The molecule has 3 aromatic rings. The number of ether oxygens (including phenoxy) is 1. The number of hydrogen-bond donors (Lipinski definition) is 1. The zero-order valence-electron chi connectivity index (χ0n) is 16.9. The van der Waals surface area contributed by atoms with Gasteiger partial charge in [-0.3, -0.25) is 9.59 Å². The molecule has 0 fully saturated rings. The molecule has 0 aliphatic heterocycles. The van der Waals surface area contributed by atoms with E-state index in [4.69, 9.17) is 32.4 Å². The number of halogens is 2. The SMILES string of the molecule is CCOc1ccc2oc(C(=O)N(CC)CC(=O)Nc3c(Cl)cccc3Cl)c(C)c2c1. The fraction of sp³-hybridized carbons (Fsp3) is 0.273. The van der Waals surface area contributed by atoms with Gasteiger partial charge in [0.05, 0.1) is 22.3 Å². The van der Waals surface area contributed by atoms with Crippen LogP contribution in [0.25, 0.3) is 11.0 Å². The Kier molecular flexibility index (Phi) is 6.90. The van der Waals surface area contributed by atoms with E-state index in [1.807, 2.05) is 19.9 Å². The van der Waals surface area contributed by atoms with Crippen molar-refractivity contribution >= 4 is 51.7 Å². The molecule has 1 N–H and O–H groups in total. The number of rotatable bonds is 7. The maximum atomic E-state index is 13.1. The number of carbonyl (C=O) groups excluding carboxylic acids is 2. The Balaban J connectivity index is 1.80. The van der Waals surface area contributed by atoms with Crippen LogP contribution >= 0.6 is 23.2 Å². The third-order valence-electron chi connectivity index (χ3n) is 4.64. The number of anilines is 1. The highest BCUT2D eigenvalue weighted by Gasteiger charge is 2.24. The first-order valence-electron chi connectivity index (χ1n) is 9.54. The van der Waals surface area contributed by atoms with Crippen LogP contribution in [0.3, 0.4) is 0 Å². The molecule has 0 aliphatic carbocycles. The van der Waals surface area contributed by atoms with Gasteiger partial charge in [-0.1, -0.05) is 29.3 Å². The Morgan fingerprint density at radius 1 is 1.13 bits per heavy atom. The van der Waals surface area contributed by atoms with E-state index in [-0.39, 0.29) is 18.2 Å². The Hall–Kier alpha value is -2.70. The molecule has 1 heterocycles. The predicted octanol–water partition coefficient (Wildman–Crippen LogP) is 5.55. The van der Waals surface area contributed by atoms with Gasteiger partial charge in [-0.15, -0.1) is 0 Å². The predicted molar refractivity (Wildman–Crippen MR) is 119 cm³/mol. The van der Waals surface area contributed by atoms with Gasteiger partial charge in [-0.25, -0.2) is 0 Å². The maximum Gasteiger partial charge on any atom is 0.290 e. The van der Waals surface area contributed by atoms with Crippen molar-refractivity contribution < 1.29 is 18.7 Å². The smallest absolute Gasteiger partial charge is 0.290 e. The van der Waals surface area contributed by atoms with Crippen molar-refractivity contribution in [2.75, 3.05) is 25.0 Å². The lowest BCUT2D eigenvalue weighted by atomic mass is 10.1. The van der Waals surface area contributed by atoms with Gasteiger partial charge < -0.3 is 19.4 Å². The van der Waals surface area contributed by atoms with Gasteiger partial charge in [0.2, 0.25) is 5.91 Å². The Labute approximate surface area is 184 Å². The van der Waals surface area contributed by atoms with E-state index < -0.39 is 5.91 Å². The highest BCUT2D eigenvalue weighted by atomic mass is 35.5. The number of carbonyl (C=O) groups is 2. The quantitative estimate of drug-likeness (QED) is 0.514. The topological polar surface area (TPSA) is 71.8 Å². The van der Waals surface area contributed by atoms with Crippen molar-refractivity contribution in [3.63, 3.8) is 0 Å². The highest BCUT2D eigenvalue weighted by Crippen LogP contribution is 2.31. The van der Waals surface area contributed by atoms with E-state index in [9.17, 15) is 9.59 Å². The number of nitrogens with zero attached hydrogens (tertiary/aromatic N) is 1. The minimum Gasteiger partial charge on any atom is -0.494 e. The van der Waals surface area contributed by atoms with Gasteiger partial charge in [0.15, 0.2) is 5.76 Å². The molecule has 0 atom stereocenters. The van der Waals surface area contributed by atoms with Crippen molar-refractivity contribution in [3.8, 4) is 5.75 Å². The van der Waals surface area contributed by atoms with E-state index in [2.05, 4.69) is 5.32 Å². The average molecular weight is 449 g/mol. The molecular weight excluding hydrogens is 427 g/mol. The van der Waals surface area contributed by atoms with Crippen LogP contribution in [0.5, 0.6) is 5.75 Å². The second kappa shape index (κ2) is 9.41. The molecule has 158 valence electrons. The standard InChI is InChI=1S/C22H22Cl2N2O4/c1-4-26(12-19(27)25-20-16(23)7-6-8-17(20)24)22(28)21-13(3)15-11-14(29-5-2)9-10-18(15)30-21/h6-11H,4-5,12H2,1-3H3,(H,25,27). The molecule has 3 rings (SSSR count). The Morgan fingerprint density at radius 3 is 2.47 bits per heavy atom. The molecule has 2 amide bonds. The zero-order valence-corrected chi connectivity index (χ0v) is 18.4. The van der Waals surface area contributed by atoms with Crippen LogP contribution in [-0.2, 0) is 4.79 Å². The van der Waals surface area contributed by atoms with Crippen LogP contribution in [0, 0.1) is 6.92 Å². The molecule has 30 heavy (non-hydrogen) atoms. The molecule has 0 unspecified atom stereocenters. The van der Waals surface area contributed by atoms with E-state index in [1.165, 1.54) is 4.90 Å². The number of aryl methyl sites for hydroxylation is 1. The molecule has 6 nitrogen and oxygen atoms in total. The van der Waals surface area contributed by atoms with Crippen molar-refractivity contribution in [3.05, 3.63) is 57.8 Å². The Bertz CT molecular complexity index is 1070. The normalized spacial score (nSPS) is 10.8. The van der Waals surface area contributed by atoms with E-state index in [0.29, 0.717) is 45.8 Å². The number of nitrogens with one attached hydrogen (secondary N) is 1. The third-order valence-corrected chi connectivity index (χ3v) is 5.27. The number of benzene rings is 2. The van der Waals surface area contributed by atoms with Gasteiger partial charge in [-0.05, 0) is 51.1 Å². The molecular formula is C22H22Cl2N2O4. The van der Waals surface area contributed by atoms with Gasteiger partial charge >= 0.3 is 0 Å². The summed E-state index contributed by atoms with van der Waals surface area (Å²) in [4.78, 5) is 27.0. The van der Waals surface area contributed by atoms with Gasteiger partial charge in [0.1, 0.15) is 17.9 Å². The lowest BCUT2D eigenvalue weighted by molar-refractivity contribution is -0.116. The van der Waals surface area contributed by atoms with Crippen LogP contribution < -0.4 is 10.1 Å². The first kappa shape index (κ1) is 22.0. The summed E-state index contributed by atoms with van der Waals surface area (Å²) < 4.78 is 11.3. The minimum atomic E-state index is -0.410. The van der Waals surface area contributed by atoms with E-state index in [1.54, 1.807) is 37.3 Å². The summed E-state index contributed by atoms with van der Waals surface area (Å²) in [5.74, 6) is 0.123. The average Bonchev–Trinajstić information content (AvgIpc) is 3.05. The molecule has 0 saturated carbocycles. The largest absolute Gasteiger partial charge is 0.494 e. The van der Waals surface area contributed by atoms with Crippen molar-refractivity contribution in [2.45, 2.75) is 20.8 Å². The first-order chi connectivity index (χ1) is 14.3. The van der Waals surface area contributed by atoms with Crippen molar-refractivity contribution in [1.82, 2.24) is 4.90 Å². The number of hydrogen-bond acceptors (Lipinski definition) is 4. The number of para-hydroxylation sites is 1. The van der Waals surface area contributed by atoms with E-state index in [0.717, 1.165) is 5.39 Å². The van der Waals surface area contributed by atoms with Crippen LogP contribution in [-0.4, -0.2) is 36.4 Å². The maximum absolute atomic E-state index is 13.1.